The minimum Gasteiger partial charge on any atom is -0.405 e. The molecule has 32 heavy (non-hydrogen) atoms. The molecule has 0 radical (unpaired) electrons. The number of thioether (sulfide) groups is 1. The molecule has 1 N–H and O–H groups in total. The molecule has 172 valence electrons. The summed E-state index contributed by atoms with van der Waals surface area (Å²) in [6.45, 7) is 5.39. The number of non-ortho nitro benzene ring substituents is 1. The van der Waals surface area contributed by atoms with Crippen molar-refractivity contribution in [3.63, 3.8) is 0 Å². The number of hydrogen-bond donors (Lipinski definition) is 1. The Morgan fingerprint density at radius 1 is 1.03 bits per heavy atom. The van der Waals surface area contributed by atoms with E-state index >= 15 is 0 Å². The van der Waals surface area contributed by atoms with Crippen molar-refractivity contribution in [3.8, 4) is 11.5 Å². The molecule has 1 aliphatic carbocycles. The van der Waals surface area contributed by atoms with E-state index in [-0.39, 0.29) is 21.8 Å². The molecule has 2 aromatic carbocycles. The van der Waals surface area contributed by atoms with Crippen LogP contribution in [0.4, 0.5) is 5.69 Å². The standard InChI is InChI=1S/C22H27N2O6PS/c1-15(2)32-22(25)16(3)23-31(28,29-20-12-9-19(10-13-20)24(26)27)30-21-11-8-17-6-4-5-7-18(17)14-21/h8-16H,4-7H2,1-3H3,(H,23,28)/t16-,31?/m0/s1. The summed E-state index contributed by atoms with van der Waals surface area (Å²) in [6.07, 6.45) is 4.16. The Morgan fingerprint density at radius 3 is 2.25 bits per heavy atom. The first kappa shape index (κ1) is 24.3. The van der Waals surface area contributed by atoms with Crippen molar-refractivity contribution in [1.29, 1.82) is 0 Å². The van der Waals surface area contributed by atoms with Gasteiger partial charge in [0.15, 0.2) is 0 Å². The van der Waals surface area contributed by atoms with Crippen molar-refractivity contribution in [1.82, 2.24) is 5.09 Å². The van der Waals surface area contributed by atoms with Crippen molar-refractivity contribution in [2.75, 3.05) is 0 Å². The monoisotopic (exact) mass is 478 g/mol. The zero-order valence-electron chi connectivity index (χ0n) is 18.3. The topological polar surface area (TPSA) is 108 Å². The fourth-order valence-corrected chi connectivity index (χ4v) is 5.71. The number of rotatable bonds is 9. The Balaban J connectivity index is 1.84. The lowest BCUT2D eigenvalue weighted by Crippen LogP contribution is -2.33. The van der Waals surface area contributed by atoms with Gasteiger partial charge in [0.2, 0.25) is 5.12 Å². The van der Waals surface area contributed by atoms with E-state index in [1.165, 1.54) is 29.8 Å². The highest BCUT2D eigenvalue weighted by molar-refractivity contribution is 8.14. The Labute approximate surface area is 191 Å². The van der Waals surface area contributed by atoms with E-state index in [1.54, 1.807) is 13.0 Å². The second-order valence-electron chi connectivity index (χ2n) is 7.91. The van der Waals surface area contributed by atoms with Crippen LogP contribution in [-0.4, -0.2) is 21.3 Å². The number of nitrogens with one attached hydrogen (secondary N) is 1. The van der Waals surface area contributed by atoms with E-state index in [0.29, 0.717) is 5.75 Å². The lowest BCUT2D eigenvalue weighted by Gasteiger charge is -2.24. The summed E-state index contributed by atoms with van der Waals surface area (Å²) in [4.78, 5) is 22.8. The second kappa shape index (κ2) is 10.5. The maximum absolute atomic E-state index is 13.7. The molecule has 0 saturated heterocycles. The van der Waals surface area contributed by atoms with E-state index in [2.05, 4.69) is 5.09 Å². The third kappa shape index (κ3) is 6.58. The van der Waals surface area contributed by atoms with Gasteiger partial charge in [-0.1, -0.05) is 31.7 Å². The minimum atomic E-state index is -4.05. The molecule has 0 spiro atoms. The van der Waals surface area contributed by atoms with Crippen LogP contribution in [0, 0.1) is 10.1 Å². The van der Waals surface area contributed by atoms with Gasteiger partial charge in [0, 0.05) is 17.4 Å². The normalized spacial score (nSPS) is 16.0. The van der Waals surface area contributed by atoms with Crippen LogP contribution < -0.4 is 14.1 Å². The number of aryl methyl sites for hydroxylation is 2. The molecule has 0 amide bonds. The number of carbonyl (C=O) groups is 1. The van der Waals surface area contributed by atoms with E-state index < -0.39 is 18.7 Å². The van der Waals surface area contributed by atoms with Crippen LogP contribution in [0.2, 0.25) is 0 Å². The van der Waals surface area contributed by atoms with Crippen LogP contribution >= 0.6 is 19.5 Å². The average molecular weight is 479 g/mol. The highest BCUT2D eigenvalue weighted by Crippen LogP contribution is 2.46. The summed E-state index contributed by atoms with van der Waals surface area (Å²) < 4.78 is 25.1. The predicted molar refractivity (Wildman–Crippen MR) is 125 cm³/mol. The van der Waals surface area contributed by atoms with Crippen LogP contribution in [0.1, 0.15) is 44.7 Å². The van der Waals surface area contributed by atoms with E-state index in [9.17, 15) is 19.5 Å². The summed E-state index contributed by atoms with van der Waals surface area (Å²) in [5, 5.41) is 13.5. The molecular formula is C22H27N2O6PS. The first-order valence-electron chi connectivity index (χ1n) is 10.5. The third-order valence-corrected chi connectivity index (χ3v) is 7.54. The SMILES string of the molecule is CC(C)SC(=O)[C@H](C)NP(=O)(Oc1ccc([N+](=O)[O-])cc1)Oc1ccc2c(c1)CCCC2. The Kier molecular flexibility index (Phi) is 7.98. The highest BCUT2D eigenvalue weighted by Gasteiger charge is 2.34. The van der Waals surface area contributed by atoms with Gasteiger partial charge in [-0.25, -0.2) is 4.57 Å². The number of fused-ring (bicyclic) bond motifs is 1. The van der Waals surface area contributed by atoms with Gasteiger partial charge >= 0.3 is 7.75 Å². The fourth-order valence-electron chi connectivity index (χ4n) is 3.37. The summed E-state index contributed by atoms with van der Waals surface area (Å²) in [6, 6.07) is 9.96. The molecular weight excluding hydrogens is 451 g/mol. The van der Waals surface area contributed by atoms with Crippen molar-refractivity contribution in [2.45, 2.75) is 57.7 Å². The number of benzene rings is 2. The van der Waals surface area contributed by atoms with Gasteiger partial charge in [0.1, 0.15) is 11.5 Å². The minimum absolute atomic E-state index is 0.0725. The van der Waals surface area contributed by atoms with Crippen LogP contribution in [0.5, 0.6) is 11.5 Å². The number of nitro groups is 1. The van der Waals surface area contributed by atoms with Gasteiger partial charge < -0.3 is 9.05 Å². The summed E-state index contributed by atoms with van der Waals surface area (Å²) in [5.74, 6) is 0.500. The Morgan fingerprint density at radius 2 is 1.62 bits per heavy atom. The van der Waals surface area contributed by atoms with Gasteiger partial charge in [0.05, 0.1) is 11.0 Å². The van der Waals surface area contributed by atoms with Crippen LogP contribution in [0.3, 0.4) is 0 Å². The zero-order valence-corrected chi connectivity index (χ0v) is 20.0. The average Bonchev–Trinajstić information content (AvgIpc) is 2.73. The van der Waals surface area contributed by atoms with Gasteiger partial charge in [-0.05, 0) is 68.0 Å². The van der Waals surface area contributed by atoms with Gasteiger partial charge in [-0.3, -0.25) is 14.9 Å². The molecule has 0 saturated carbocycles. The zero-order chi connectivity index (χ0) is 23.3. The highest BCUT2D eigenvalue weighted by atomic mass is 32.2. The molecule has 10 heteroatoms. The van der Waals surface area contributed by atoms with Crippen LogP contribution in [-0.2, 0) is 22.2 Å². The lowest BCUT2D eigenvalue weighted by molar-refractivity contribution is -0.384. The fraction of sp³-hybridized carbons (Fsp3) is 0.409. The maximum atomic E-state index is 13.7. The largest absolute Gasteiger partial charge is 0.513 e. The smallest absolute Gasteiger partial charge is 0.405 e. The van der Waals surface area contributed by atoms with Crippen LogP contribution in [0.15, 0.2) is 42.5 Å². The molecule has 3 rings (SSSR count). The number of nitro benzene ring substituents is 1. The molecule has 0 aromatic heterocycles. The van der Waals surface area contributed by atoms with Gasteiger partial charge in [-0.15, -0.1) is 0 Å². The summed E-state index contributed by atoms with van der Waals surface area (Å²) in [5.41, 5.74) is 2.28. The van der Waals surface area contributed by atoms with E-state index in [4.69, 9.17) is 9.05 Å². The number of hydrogen-bond acceptors (Lipinski definition) is 7. The van der Waals surface area contributed by atoms with Crippen molar-refractivity contribution in [3.05, 3.63) is 63.7 Å². The summed E-state index contributed by atoms with van der Waals surface area (Å²) >= 11 is 1.13. The van der Waals surface area contributed by atoms with Gasteiger partial charge in [0.25, 0.3) is 5.69 Å². The molecule has 2 atom stereocenters. The maximum Gasteiger partial charge on any atom is 0.513 e. The number of carbonyl (C=O) groups excluding carboxylic acids is 1. The Hall–Kier alpha value is -2.35. The van der Waals surface area contributed by atoms with E-state index in [0.717, 1.165) is 43.0 Å². The first-order chi connectivity index (χ1) is 15.1. The first-order valence-corrected chi connectivity index (χ1v) is 12.9. The van der Waals surface area contributed by atoms with Crippen LogP contribution in [0.25, 0.3) is 0 Å². The molecule has 0 bridgehead atoms. The van der Waals surface area contributed by atoms with Crippen molar-refractivity contribution < 1.29 is 23.3 Å². The number of nitrogens with zero attached hydrogens (tertiary/aromatic N) is 1. The second-order valence-corrected chi connectivity index (χ2v) is 11.1. The quantitative estimate of drug-likeness (QED) is 0.278. The molecule has 0 fully saturated rings. The van der Waals surface area contributed by atoms with Crippen molar-refractivity contribution in [2.24, 2.45) is 0 Å². The molecule has 1 unspecified atom stereocenters. The molecule has 8 nitrogen and oxygen atoms in total. The summed E-state index contributed by atoms with van der Waals surface area (Å²) in [7, 11) is -4.05. The predicted octanol–water partition coefficient (Wildman–Crippen LogP) is 5.69. The van der Waals surface area contributed by atoms with Crippen molar-refractivity contribution >= 4 is 30.3 Å². The molecule has 1 aliphatic rings. The van der Waals surface area contributed by atoms with E-state index in [1.807, 2.05) is 26.0 Å². The lowest BCUT2D eigenvalue weighted by atomic mass is 9.92. The Bertz CT molecular complexity index is 1030. The van der Waals surface area contributed by atoms with Gasteiger partial charge in [-0.2, -0.15) is 5.09 Å². The molecule has 0 heterocycles. The molecule has 0 aliphatic heterocycles. The third-order valence-electron chi connectivity index (χ3n) is 4.88. The molecule has 2 aromatic rings.